The Labute approximate surface area is 193 Å². The van der Waals surface area contributed by atoms with Gasteiger partial charge in [-0.2, -0.15) is 9.61 Å². The molecule has 11 heteroatoms. The molecule has 2 aromatic heterocycles. The van der Waals surface area contributed by atoms with E-state index in [1.54, 1.807) is 22.7 Å². The molecule has 9 nitrogen and oxygen atoms in total. The number of nitrogens with one attached hydrogen (secondary N) is 2. The lowest BCUT2D eigenvalue weighted by molar-refractivity contribution is 0.0971. The number of thiocarbonyl (C=S) groups is 1. The molecule has 0 radical (unpaired) electrons. The molecular formula is C21H20N6O3S2. The Morgan fingerprint density at radius 2 is 1.78 bits per heavy atom. The van der Waals surface area contributed by atoms with Gasteiger partial charge in [-0.3, -0.25) is 10.1 Å². The summed E-state index contributed by atoms with van der Waals surface area (Å²) < 4.78 is 12.3. The second-order valence-corrected chi connectivity index (χ2v) is 7.96. The predicted octanol–water partition coefficient (Wildman–Crippen LogP) is 3.56. The second kappa shape index (κ2) is 9.28. The molecule has 164 valence electrons. The van der Waals surface area contributed by atoms with Crippen molar-refractivity contribution in [2.75, 3.05) is 19.5 Å². The normalized spacial score (nSPS) is 10.7. The highest BCUT2D eigenvalue weighted by Crippen LogP contribution is 2.28. The Kier molecular flexibility index (Phi) is 6.28. The molecule has 4 aromatic rings. The summed E-state index contributed by atoms with van der Waals surface area (Å²) in [5.41, 5.74) is 1.94. The molecule has 4 rings (SSSR count). The number of aryl methyl sites for hydroxylation is 1. The first-order valence-corrected chi connectivity index (χ1v) is 10.9. The maximum Gasteiger partial charge on any atom is 0.264 e. The number of aromatic nitrogens is 4. The molecule has 1 amide bonds. The van der Waals surface area contributed by atoms with Crippen LogP contribution in [0.15, 0.2) is 42.5 Å². The molecular weight excluding hydrogens is 448 g/mol. The molecule has 0 saturated carbocycles. The van der Waals surface area contributed by atoms with Crippen molar-refractivity contribution < 1.29 is 14.3 Å². The van der Waals surface area contributed by atoms with Gasteiger partial charge in [0.25, 0.3) is 5.91 Å². The Balaban J connectivity index is 1.45. The number of hydrogen-bond acceptors (Lipinski definition) is 8. The number of nitrogens with zero attached hydrogens (tertiary/aromatic N) is 4. The summed E-state index contributed by atoms with van der Waals surface area (Å²) in [4.78, 5) is 13.5. The van der Waals surface area contributed by atoms with E-state index >= 15 is 0 Å². The van der Waals surface area contributed by atoms with E-state index in [4.69, 9.17) is 21.7 Å². The van der Waals surface area contributed by atoms with Gasteiger partial charge in [-0.05, 0) is 48.6 Å². The Bertz CT molecular complexity index is 1260. The number of fused-ring (bicyclic) bond motifs is 1. The van der Waals surface area contributed by atoms with Gasteiger partial charge in [-0.1, -0.05) is 24.3 Å². The smallest absolute Gasteiger partial charge is 0.264 e. The third-order valence-electron chi connectivity index (χ3n) is 4.64. The molecule has 2 N–H and O–H groups in total. The monoisotopic (exact) mass is 468 g/mol. The fraction of sp³-hybridized carbons (Fsp3) is 0.190. The van der Waals surface area contributed by atoms with E-state index < -0.39 is 5.91 Å². The van der Waals surface area contributed by atoms with Crippen molar-refractivity contribution in [2.24, 2.45) is 0 Å². The van der Waals surface area contributed by atoms with E-state index in [0.29, 0.717) is 11.5 Å². The Hall–Kier alpha value is -3.57. The van der Waals surface area contributed by atoms with Crippen LogP contribution in [0, 0.1) is 0 Å². The lowest BCUT2D eigenvalue weighted by Gasteiger charge is -2.14. The van der Waals surface area contributed by atoms with E-state index in [1.807, 2.05) is 31.2 Å². The van der Waals surface area contributed by atoms with Gasteiger partial charge in [0.05, 0.1) is 14.2 Å². The number of amides is 1. The Morgan fingerprint density at radius 1 is 1.09 bits per heavy atom. The zero-order valence-corrected chi connectivity index (χ0v) is 19.2. The first kappa shape index (κ1) is 21.7. The number of carbonyl (C=O) groups excluding carboxylic acids is 1. The SMILES string of the molecule is CCc1nnc2sc(-c3ccc(NC(=S)NC(=O)c4c(OC)cccc4OC)cc3)nn12. The lowest BCUT2D eigenvalue weighted by atomic mass is 10.1. The summed E-state index contributed by atoms with van der Waals surface area (Å²) in [5.74, 6) is 1.18. The van der Waals surface area contributed by atoms with Gasteiger partial charge < -0.3 is 14.8 Å². The van der Waals surface area contributed by atoms with Crippen molar-refractivity contribution >= 4 is 45.2 Å². The number of rotatable bonds is 6. The fourth-order valence-electron chi connectivity index (χ4n) is 3.09. The van der Waals surface area contributed by atoms with Crippen LogP contribution in [0.4, 0.5) is 5.69 Å². The zero-order chi connectivity index (χ0) is 22.7. The molecule has 0 saturated heterocycles. The van der Waals surface area contributed by atoms with E-state index in [1.165, 1.54) is 25.6 Å². The molecule has 0 aliphatic heterocycles. The summed E-state index contributed by atoms with van der Waals surface area (Å²) in [6.07, 6.45) is 0.761. The van der Waals surface area contributed by atoms with Gasteiger partial charge in [-0.15, -0.1) is 10.2 Å². The number of benzene rings is 2. The van der Waals surface area contributed by atoms with E-state index in [0.717, 1.165) is 33.5 Å². The van der Waals surface area contributed by atoms with Gasteiger partial charge in [0.1, 0.15) is 22.1 Å². The van der Waals surface area contributed by atoms with Crippen molar-refractivity contribution in [1.82, 2.24) is 25.1 Å². The predicted molar refractivity (Wildman–Crippen MR) is 127 cm³/mol. The van der Waals surface area contributed by atoms with E-state index in [9.17, 15) is 4.79 Å². The van der Waals surface area contributed by atoms with E-state index in [2.05, 4.69) is 25.9 Å². The Morgan fingerprint density at radius 3 is 2.41 bits per heavy atom. The van der Waals surface area contributed by atoms with Crippen LogP contribution in [0.3, 0.4) is 0 Å². The van der Waals surface area contributed by atoms with Crippen LogP contribution in [0.2, 0.25) is 0 Å². The maximum absolute atomic E-state index is 12.7. The van der Waals surface area contributed by atoms with Crippen molar-refractivity contribution in [3.8, 4) is 22.1 Å². The maximum atomic E-state index is 12.7. The number of carbonyl (C=O) groups is 1. The third-order valence-corrected chi connectivity index (χ3v) is 5.80. The molecule has 0 spiro atoms. The van der Waals surface area contributed by atoms with Crippen LogP contribution in [-0.4, -0.2) is 45.1 Å². The molecule has 0 atom stereocenters. The van der Waals surface area contributed by atoms with Crippen LogP contribution in [0.25, 0.3) is 15.5 Å². The summed E-state index contributed by atoms with van der Waals surface area (Å²) in [6, 6.07) is 12.7. The first-order chi connectivity index (χ1) is 15.5. The van der Waals surface area contributed by atoms with E-state index in [-0.39, 0.29) is 10.7 Å². The van der Waals surface area contributed by atoms with Gasteiger partial charge in [0, 0.05) is 17.7 Å². The van der Waals surface area contributed by atoms with Crippen LogP contribution in [0.1, 0.15) is 23.1 Å². The molecule has 0 aliphatic rings. The number of methoxy groups -OCH3 is 2. The summed E-state index contributed by atoms with van der Waals surface area (Å²) >= 11 is 6.77. The summed E-state index contributed by atoms with van der Waals surface area (Å²) in [6.45, 7) is 2.02. The van der Waals surface area contributed by atoms with Gasteiger partial charge >= 0.3 is 0 Å². The van der Waals surface area contributed by atoms with Crippen molar-refractivity contribution in [3.05, 3.63) is 53.9 Å². The second-order valence-electron chi connectivity index (χ2n) is 6.59. The quantitative estimate of drug-likeness (QED) is 0.414. The molecule has 0 aliphatic carbocycles. The van der Waals surface area contributed by atoms with Crippen LogP contribution >= 0.6 is 23.6 Å². The minimum Gasteiger partial charge on any atom is -0.496 e. The highest BCUT2D eigenvalue weighted by Gasteiger charge is 2.19. The average Bonchev–Trinajstić information content (AvgIpc) is 3.39. The molecule has 2 heterocycles. The van der Waals surface area contributed by atoms with Gasteiger partial charge in [0.2, 0.25) is 4.96 Å². The average molecular weight is 469 g/mol. The molecule has 0 unspecified atom stereocenters. The number of hydrogen-bond donors (Lipinski definition) is 2. The molecule has 0 fully saturated rings. The standard InChI is InChI=1S/C21H20N6O3S2/c1-4-16-24-25-21-27(16)26-19(32-21)12-8-10-13(11-9-12)22-20(31)23-18(28)17-14(29-2)6-5-7-15(17)30-3/h5-11H,4H2,1-3H3,(H2,22,23,28,31). The van der Waals surface area contributed by atoms with Crippen LogP contribution in [-0.2, 0) is 6.42 Å². The molecule has 2 aromatic carbocycles. The minimum atomic E-state index is -0.431. The highest BCUT2D eigenvalue weighted by atomic mass is 32.1. The van der Waals surface area contributed by atoms with Gasteiger partial charge in [0.15, 0.2) is 10.9 Å². The molecule has 0 bridgehead atoms. The van der Waals surface area contributed by atoms with Crippen LogP contribution in [0.5, 0.6) is 11.5 Å². The number of anilines is 1. The molecule has 32 heavy (non-hydrogen) atoms. The highest BCUT2D eigenvalue weighted by molar-refractivity contribution is 7.80. The van der Waals surface area contributed by atoms with Crippen molar-refractivity contribution in [2.45, 2.75) is 13.3 Å². The largest absolute Gasteiger partial charge is 0.496 e. The summed E-state index contributed by atoms with van der Waals surface area (Å²) in [7, 11) is 2.98. The topological polar surface area (TPSA) is 103 Å². The van der Waals surface area contributed by atoms with Crippen molar-refractivity contribution in [3.63, 3.8) is 0 Å². The van der Waals surface area contributed by atoms with Gasteiger partial charge in [-0.25, -0.2) is 0 Å². The fourth-order valence-corrected chi connectivity index (χ4v) is 4.17. The lowest BCUT2D eigenvalue weighted by Crippen LogP contribution is -2.34. The third kappa shape index (κ3) is 4.25. The minimum absolute atomic E-state index is 0.155. The first-order valence-electron chi connectivity index (χ1n) is 9.69. The zero-order valence-electron chi connectivity index (χ0n) is 17.6. The van der Waals surface area contributed by atoms with Crippen LogP contribution < -0.4 is 20.1 Å². The van der Waals surface area contributed by atoms with Crippen molar-refractivity contribution in [1.29, 1.82) is 0 Å². The summed E-state index contributed by atoms with van der Waals surface area (Å²) in [5, 5.41) is 19.5. The number of ether oxygens (including phenoxy) is 2.